The summed E-state index contributed by atoms with van der Waals surface area (Å²) in [7, 11) is 0. The lowest BCUT2D eigenvalue weighted by Gasteiger charge is -2.03. The van der Waals surface area contributed by atoms with Crippen LogP contribution in [0.1, 0.15) is 18.1 Å². The van der Waals surface area contributed by atoms with Crippen LogP contribution in [0.25, 0.3) is 10.2 Å². The second-order valence-electron chi connectivity index (χ2n) is 5.78. The number of thiazole rings is 1. The van der Waals surface area contributed by atoms with Crippen molar-refractivity contribution in [1.82, 2.24) is 4.57 Å². The number of hydrogen-bond donors (Lipinski definition) is 0. The van der Waals surface area contributed by atoms with Gasteiger partial charge >= 0.3 is 0 Å². The molecule has 0 aliphatic heterocycles. The predicted octanol–water partition coefficient (Wildman–Crippen LogP) is 4.70. The zero-order chi connectivity index (χ0) is 18.0. The van der Waals surface area contributed by atoms with E-state index in [1.54, 1.807) is 12.1 Å². The highest BCUT2D eigenvalue weighted by Gasteiger charge is 2.09. The van der Waals surface area contributed by atoms with Crippen LogP contribution in [0.5, 0.6) is 0 Å². The molecule has 25 heavy (non-hydrogen) atoms. The largest absolute Gasteiger partial charge is 0.317 e. The summed E-state index contributed by atoms with van der Waals surface area (Å²) in [5, 5.41) is 0. The van der Waals surface area contributed by atoms with E-state index in [0.717, 1.165) is 26.5 Å². The van der Waals surface area contributed by atoms with Gasteiger partial charge in [0.15, 0.2) is 4.80 Å². The van der Waals surface area contributed by atoms with Crippen molar-refractivity contribution in [3.8, 4) is 0 Å². The minimum atomic E-state index is -0.278. The topological polar surface area (TPSA) is 34.4 Å². The van der Waals surface area contributed by atoms with Crippen molar-refractivity contribution < 1.29 is 9.18 Å². The molecule has 2 aromatic carbocycles. The molecule has 1 heterocycles. The molecule has 0 radical (unpaired) electrons. The smallest absolute Gasteiger partial charge is 0.258 e. The van der Waals surface area contributed by atoms with Gasteiger partial charge in [0.25, 0.3) is 5.91 Å². The monoisotopic (exact) mass is 374 g/mol. The maximum atomic E-state index is 12.9. The van der Waals surface area contributed by atoms with E-state index in [0.29, 0.717) is 0 Å². The zero-order valence-electron chi connectivity index (χ0n) is 14.4. The molecule has 3 aromatic rings. The lowest BCUT2D eigenvalue weighted by Crippen LogP contribution is -2.16. The lowest BCUT2D eigenvalue weighted by atomic mass is 10.1. The van der Waals surface area contributed by atoms with Gasteiger partial charge in [-0.1, -0.05) is 11.3 Å². The third-order valence-corrected chi connectivity index (χ3v) is 6.05. The molecule has 0 atom stereocenters. The first-order valence-corrected chi connectivity index (χ1v) is 9.84. The Morgan fingerprint density at radius 3 is 2.56 bits per heavy atom. The summed E-state index contributed by atoms with van der Waals surface area (Å²) in [4.78, 5) is 18.2. The molecule has 0 fully saturated rings. The molecule has 6 heteroatoms. The molecule has 0 N–H and O–H groups in total. The van der Waals surface area contributed by atoms with Gasteiger partial charge in [0, 0.05) is 11.4 Å². The van der Waals surface area contributed by atoms with Crippen LogP contribution in [0.2, 0.25) is 0 Å². The Hall–Kier alpha value is -1.92. The fraction of sp³-hybridized carbons (Fsp3) is 0.263. The highest BCUT2D eigenvalue weighted by Crippen LogP contribution is 2.22. The fourth-order valence-electron chi connectivity index (χ4n) is 2.53. The predicted molar refractivity (Wildman–Crippen MR) is 103 cm³/mol. The Morgan fingerprint density at radius 1 is 1.20 bits per heavy atom. The van der Waals surface area contributed by atoms with E-state index in [4.69, 9.17) is 0 Å². The highest BCUT2D eigenvalue weighted by molar-refractivity contribution is 8.00. The first kappa shape index (κ1) is 17.9. The molecule has 0 saturated heterocycles. The summed E-state index contributed by atoms with van der Waals surface area (Å²) in [5.74, 6) is -0.224. The number of fused-ring (bicyclic) bond motifs is 1. The SMILES string of the molecule is CCn1c(=NC(=O)CSc2ccc(F)cc2)sc2cc(C)c(C)cc21. The summed E-state index contributed by atoms with van der Waals surface area (Å²) in [6, 6.07) is 10.4. The van der Waals surface area contributed by atoms with Crippen molar-refractivity contribution in [3.05, 3.63) is 58.1 Å². The van der Waals surface area contributed by atoms with Gasteiger partial charge in [-0.25, -0.2) is 4.39 Å². The minimum absolute atomic E-state index is 0.184. The van der Waals surface area contributed by atoms with E-state index in [1.165, 1.54) is 46.4 Å². The second kappa shape index (κ2) is 7.54. The molecule has 1 amide bonds. The van der Waals surface area contributed by atoms with E-state index in [1.807, 2.05) is 0 Å². The van der Waals surface area contributed by atoms with Gasteiger partial charge in [-0.15, -0.1) is 11.8 Å². The maximum absolute atomic E-state index is 12.9. The quantitative estimate of drug-likeness (QED) is 0.621. The Bertz CT molecular complexity index is 987. The molecule has 0 spiro atoms. The van der Waals surface area contributed by atoms with Crippen LogP contribution in [0.15, 0.2) is 46.3 Å². The summed E-state index contributed by atoms with van der Waals surface area (Å²) < 4.78 is 16.1. The molecule has 1 aromatic heterocycles. The van der Waals surface area contributed by atoms with E-state index >= 15 is 0 Å². The van der Waals surface area contributed by atoms with E-state index in [9.17, 15) is 9.18 Å². The number of benzene rings is 2. The van der Waals surface area contributed by atoms with Crippen LogP contribution in [0, 0.1) is 19.7 Å². The molecule has 0 aliphatic carbocycles. The van der Waals surface area contributed by atoms with Crippen molar-refractivity contribution in [2.45, 2.75) is 32.2 Å². The first-order valence-electron chi connectivity index (χ1n) is 8.04. The number of aryl methyl sites for hydroxylation is 3. The van der Waals surface area contributed by atoms with Crippen molar-refractivity contribution in [3.63, 3.8) is 0 Å². The molecule has 3 nitrogen and oxygen atoms in total. The zero-order valence-corrected chi connectivity index (χ0v) is 16.0. The normalized spacial score (nSPS) is 12.1. The van der Waals surface area contributed by atoms with Crippen molar-refractivity contribution in [2.75, 3.05) is 5.75 Å². The van der Waals surface area contributed by atoms with Crippen molar-refractivity contribution in [1.29, 1.82) is 0 Å². The average Bonchev–Trinajstić information content (AvgIpc) is 2.90. The molecule has 0 saturated carbocycles. The second-order valence-corrected chi connectivity index (χ2v) is 7.84. The molecule has 0 aliphatic rings. The van der Waals surface area contributed by atoms with E-state index in [2.05, 4.69) is 42.5 Å². The Morgan fingerprint density at radius 2 is 1.88 bits per heavy atom. The van der Waals surface area contributed by atoms with Gasteiger partial charge in [-0.3, -0.25) is 4.79 Å². The summed E-state index contributed by atoms with van der Waals surface area (Å²) >= 11 is 2.91. The van der Waals surface area contributed by atoms with Crippen molar-refractivity contribution >= 4 is 39.2 Å². The van der Waals surface area contributed by atoms with Crippen LogP contribution >= 0.6 is 23.1 Å². The number of nitrogens with zero attached hydrogens (tertiary/aromatic N) is 2. The van der Waals surface area contributed by atoms with E-state index < -0.39 is 0 Å². The number of hydrogen-bond acceptors (Lipinski definition) is 3. The summed E-state index contributed by atoms with van der Waals surface area (Å²) in [6.45, 7) is 7.00. The van der Waals surface area contributed by atoms with Gasteiger partial charge in [0.2, 0.25) is 0 Å². The van der Waals surface area contributed by atoms with Crippen LogP contribution in [0.4, 0.5) is 4.39 Å². The number of halogens is 1. The van der Waals surface area contributed by atoms with Gasteiger partial charge in [-0.2, -0.15) is 4.99 Å². The number of aromatic nitrogens is 1. The Balaban J connectivity index is 1.86. The summed E-state index contributed by atoms with van der Waals surface area (Å²) in [6.07, 6.45) is 0. The van der Waals surface area contributed by atoms with Gasteiger partial charge < -0.3 is 4.57 Å². The van der Waals surface area contributed by atoms with Gasteiger partial charge in [0.1, 0.15) is 5.82 Å². The highest BCUT2D eigenvalue weighted by atomic mass is 32.2. The van der Waals surface area contributed by atoms with Crippen LogP contribution < -0.4 is 4.80 Å². The molecular formula is C19H19FN2OS2. The molecule has 130 valence electrons. The Labute approximate surface area is 154 Å². The number of carbonyl (C=O) groups is 1. The third kappa shape index (κ3) is 4.02. The number of amides is 1. The standard InChI is InChI=1S/C19H19FN2OS2/c1-4-22-16-9-12(2)13(3)10-17(16)25-19(22)21-18(23)11-24-15-7-5-14(20)6-8-15/h5-10H,4,11H2,1-3H3. The fourth-order valence-corrected chi connectivity index (χ4v) is 4.40. The molecule has 3 rings (SSSR count). The number of thioether (sulfide) groups is 1. The lowest BCUT2D eigenvalue weighted by molar-refractivity contribution is -0.115. The average molecular weight is 375 g/mol. The summed E-state index contributed by atoms with van der Waals surface area (Å²) in [5.41, 5.74) is 3.59. The minimum Gasteiger partial charge on any atom is -0.317 e. The van der Waals surface area contributed by atoms with Crippen LogP contribution in [0.3, 0.4) is 0 Å². The number of carbonyl (C=O) groups excluding carboxylic acids is 1. The molecular weight excluding hydrogens is 355 g/mol. The van der Waals surface area contributed by atoms with Crippen LogP contribution in [-0.2, 0) is 11.3 Å². The van der Waals surface area contributed by atoms with Gasteiger partial charge in [0.05, 0.1) is 16.0 Å². The first-order chi connectivity index (χ1) is 12.0. The Kier molecular flexibility index (Phi) is 5.39. The molecule has 0 unspecified atom stereocenters. The third-order valence-electron chi connectivity index (χ3n) is 4.01. The molecule has 0 bridgehead atoms. The number of rotatable bonds is 4. The van der Waals surface area contributed by atoms with Crippen LogP contribution in [-0.4, -0.2) is 16.2 Å². The maximum Gasteiger partial charge on any atom is 0.258 e. The van der Waals surface area contributed by atoms with Gasteiger partial charge in [-0.05, 0) is 68.3 Å². The van der Waals surface area contributed by atoms with Crippen molar-refractivity contribution in [2.24, 2.45) is 4.99 Å². The van der Waals surface area contributed by atoms with E-state index in [-0.39, 0.29) is 17.5 Å².